The summed E-state index contributed by atoms with van der Waals surface area (Å²) in [7, 11) is 1.35. The van der Waals surface area contributed by atoms with Crippen LogP contribution in [0.4, 0.5) is 5.69 Å². The molecule has 0 bridgehead atoms. The van der Waals surface area contributed by atoms with Gasteiger partial charge in [-0.05, 0) is 18.9 Å². The summed E-state index contributed by atoms with van der Waals surface area (Å²) in [4.78, 5) is 21.2. The van der Waals surface area contributed by atoms with Crippen LogP contribution >= 0.6 is 0 Å². The number of non-ortho nitro benzene ring substituents is 1. The third kappa shape index (κ3) is 4.37. The maximum atomic E-state index is 11.0. The number of carbonyl (C=O) groups is 1. The highest BCUT2D eigenvalue weighted by Crippen LogP contribution is 2.17. The van der Waals surface area contributed by atoms with Gasteiger partial charge in [0, 0.05) is 18.6 Å². The van der Waals surface area contributed by atoms with E-state index in [9.17, 15) is 14.9 Å². The van der Waals surface area contributed by atoms with Gasteiger partial charge >= 0.3 is 5.97 Å². The highest BCUT2D eigenvalue weighted by Gasteiger charge is 2.05. The lowest BCUT2D eigenvalue weighted by atomic mass is 10.1. The fourth-order valence-electron chi connectivity index (χ4n) is 1.49. The highest BCUT2D eigenvalue weighted by atomic mass is 16.6. The molecule has 0 radical (unpaired) electrons. The van der Waals surface area contributed by atoms with Crippen LogP contribution in [0.15, 0.2) is 29.8 Å². The molecular formula is C13H15NO4. The number of nitrogens with zero attached hydrogens (tertiary/aromatic N) is 1. The van der Waals surface area contributed by atoms with E-state index in [1.165, 1.54) is 19.2 Å². The van der Waals surface area contributed by atoms with Gasteiger partial charge in [-0.3, -0.25) is 14.9 Å². The van der Waals surface area contributed by atoms with Gasteiger partial charge < -0.3 is 4.74 Å². The van der Waals surface area contributed by atoms with Gasteiger partial charge in [0.15, 0.2) is 0 Å². The first kappa shape index (κ1) is 13.9. The number of benzene rings is 1. The molecule has 1 aromatic carbocycles. The second-order valence-corrected chi connectivity index (χ2v) is 3.92. The molecular weight excluding hydrogens is 234 g/mol. The smallest absolute Gasteiger partial charge is 0.305 e. The van der Waals surface area contributed by atoms with Crippen LogP contribution in [-0.4, -0.2) is 18.0 Å². The Kier molecular flexibility index (Phi) is 5.05. The maximum absolute atomic E-state index is 11.0. The quantitative estimate of drug-likeness (QED) is 0.457. The largest absolute Gasteiger partial charge is 0.469 e. The summed E-state index contributed by atoms with van der Waals surface area (Å²) in [6.07, 6.45) is 2.72. The predicted molar refractivity (Wildman–Crippen MR) is 68.0 cm³/mol. The maximum Gasteiger partial charge on any atom is 0.305 e. The Morgan fingerprint density at radius 1 is 1.44 bits per heavy atom. The number of hydrogen-bond donors (Lipinski definition) is 0. The van der Waals surface area contributed by atoms with E-state index in [2.05, 4.69) is 4.74 Å². The van der Waals surface area contributed by atoms with Crippen LogP contribution in [0.25, 0.3) is 6.08 Å². The van der Waals surface area contributed by atoms with Crippen molar-refractivity contribution in [3.8, 4) is 0 Å². The first-order valence-electron chi connectivity index (χ1n) is 5.51. The number of rotatable bonds is 5. The normalized spacial score (nSPS) is 11.1. The first-order chi connectivity index (χ1) is 8.52. The van der Waals surface area contributed by atoms with Crippen molar-refractivity contribution in [1.29, 1.82) is 0 Å². The van der Waals surface area contributed by atoms with Crippen LogP contribution in [0.3, 0.4) is 0 Å². The molecule has 1 rings (SSSR count). The number of esters is 1. The topological polar surface area (TPSA) is 69.4 Å². The van der Waals surface area contributed by atoms with Gasteiger partial charge in [0.05, 0.1) is 12.0 Å². The minimum atomic E-state index is -0.429. The number of ether oxygens (including phenoxy) is 1. The van der Waals surface area contributed by atoms with Crippen LogP contribution in [0.1, 0.15) is 25.3 Å². The Balaban J connectivity index is 2.72. The molecule has 0 spiro atoms. The first-order valence-corrected chi connectivity index (χ1v) is 5.51. The molecule has 5 nitrogen and oxygen atoms in total. The van der Waals surface area contributed by atoms with Gasteiger partial charge in [-0.2, -0.15) is 0 Å². The van der Waals surface area contributed by atoms with E-state index in [4.69, 9.17) is 0 Å². The van der Waals surface area contributed by atoms with Crippen LogP contribution in [-0.2, 0) is 9.53 Å². The van der Waals surface area contributed by atoms with Gasteiger partial charge in [-0.25, -0.2) is 0 Å². The van der Waals surface area contributed by atoms with Crippen molar-refractivity contribution >= 4 is 17.7 Å². The molecule has 0 saturated carbocycles. The van der Waals surface area contributed by atoms with Crippen molar-refractivity contribution in [2.45, 2.75) is 19.8 Å². The van der Waals surface area contributed by atoms with Gasteiger partial charge in [0.2, 0.25) is 0 Å². The van der Waals surface area contributed by atoms with E-state index in [1.54, 1.807) is 12.1 Å². The van der Waals surface area contributed by atoms with E-state index in [0.29, 0.717) is 12.8 Å². The number of nitro benzene ring substituents is 1. The minimum absolute atomic E-state index is 0.0597. The van der Waals surface area contributed by atoms with Gasteiger partial charge in [-0.1, -0.05) is 23.8 Å². The third-order valence-corrected chi connectivity index (χ3v) is 2.45. The zero-order valence-electron chi connectivity index (χ0n) is 10.4. The molecule has 0 aromatic heterocycles. The van der Waals surface area contributed by atoms with Crippen LogP contribution in [0, 0.1) is 10.1 Å². The molecule has 5 heteroatoms. The lowest BCUT2D eigenvalue weighted by Crippen LogP contribution is -1.99. The van der Waals surface area contributed by atoms with E-state index in [0.717, 1.165) is 11.1 Å². The van der Waals surface area contributed by atoms with Gasteiger partial charge in [0.1, 0.15) is 0 Å². The predicted octanol–water partition coefficient (Wildman–Crippen LogP) is 2.95. The summed E-state index contributed by atoms with van der Waals surface area (Å²) in [5.41, 5.74) is 1.79. The molecule has 0 N–H and O–H groups in total. The SMILES string of the molecule is COC(=O)CCC(C)=Cc1cccc([N+](=O)[O-])c1. The van der Waals surface area contributed by atoms with E-state index >= 15 is 0 Å². The number of nitro groups is 1. The highest BCUT2D eigenvalue weighted by molar-refractivity contribution is 5.69. The summed E-state index contributed by atoms with van der Waals surface area (Å²) in [5.74, 6) is -0.262. The summed E-state index contributed by atoms with van der Waals surface area (Å²) in [6, 6.07) is 6.37. The van der Waals surface area contributed by atoms with Crippen molar-refractivity contribution in [1.82, 2.24) is 0 Å². The van der Waals surface area contributed by atoms with Crippen molar-refractivity contribution in [2.75, 3.05) is 7.11 Å². The number of carbonyl (C=O) groups excluding carboxylic acids is 1. The molecule has 0 aliphatic heterocycles. The van der Waals surface area contributed by atoms with E-state index in [-0.39, 0.29) is 11.7 Å². The minimum Gasteiger partial charge on any atom is -0.469 e. The average Bonchev–Trinajstić information content (AvgIpc) is 2.36. The lowest BCUT2D eigenvalue weighted by molar-refractivity contribution is -0.384. The zero-order valence-corrected chi connectivity index (χ0v) is 10.4. The molecule has 18 heavy (non-hydrogen) atoms. The molecule has 1 aromatic rings. The second kappa shape index (κ2) is 6.54. The molecule has 0 aliphatic rings. The van der Waals surface area contributed by atoms with Crippen LogP contribution in [0.2, 0.25) is 0 Å². The van der Waals surface area contributed by atoms with Crippen LogP contribution in [0.5, 0.6) is 0 Å². The molecule has 0 atom stereocenters. The molecule has 0 amide bonds. The Labute approximate surface area is 105 Å². The van der Waals surface area contributed by atoms with Gasteiger partial charge in [0.25, 0.3) is 5.69 Å². The summed E-state index contributed by atoms with van der Waals surface area (Å²) >= 11 is 0. The van der Waals surface area contributed by atoms with Crippen molar-refractivity contribution in [2.24, 2.45) is 0 Å². The van der Waals surface area contributed by atoms with Crippen molar-refractivity contribution < 1.29 is 14.5 Å². The second-order valence-electron chi connectivity index (χ2n) is 3.92. The number of hydrogen-bond acceptors (Lipinski definition) is 4. The molecule has 0 unspecified atom stereocenters. The molecule has 0 saturated heterocycles. The molecule has 0 fully saturated rings. The fourth-order valence-corrected chi connectivity index (χ4v) is 1.49. The average molecular weight is 249 g/mol. The standard InChI is InChI=1S/C13H15NO4/c1-10(6-7-13(15)18-2)8-11-4-3-5-12(9-11)14(16)17/h3-5,8-9H,6-7H2,1-2H3. The number of methoxy groups -OCH3 is 1. The summed E-state index contributed by atoms with van der Waals surface area (Å²) in [5, 5.41) is 10.6. The van der Waals surface area contributed by atoms with Crippen LogP contribution < -0.4 is 0 Å². The fraction of sp³-hybridized carbons (Fsp3) is 0.308. The molecule has 0 heterocycles. The Morgan fingerprint density at radius 2 is 2.17 bits per heavy atom. The lowest BCUT2D eigenvalue weighted by Gasteiger charge is -2.01. The van der Waals surface area contributed by atoms with E-state index in [1.807, 2.05) is 13.0 Å². The summed E-state index contributed by atoms with van der Waals surface area (Å²) < 4.78 is 4.55. The molecule has 96 valence electrons. The van der Waals surface area contributed by atoms with E-state index < -0.39 is 4.92 Å². The Morgan fingerprint density at radius 3 is 2.78 bits per heavy atom. The monoisotopic (exact) mass is 249 g/mol. The number of allylic oxidation sites excluding steroid dienone is 1. The van der Waals surface area contributed by atoms with Crippen molar-refractivity contribution in [3.63, 3.8) is 0 Å². The van der Waals surface area contributed by atoms with Gasteiger partial charge in [-0.15, -0.1) is 0 Å². The van der Waals surface area contributed by atoms with Crippen molar-refractivity contribution in [3.05, 3.63) is 45.5 Å². The third-order valence-electron chi connectivity index (χ3n) is 2.45. The Bertz CT molecular complexity index is 480. The molecule has 0 aliphatic carbocycles. The summed E-state index contributed by atoms with van der Waals surface area (Å²) in [6.45, 7) is 1.88. The zero-order chi connectivity index (χ0) is 13.5. The Hall–Kier alpha value is -2.17.